The summed E-state index contributed by atoms with van der Waals surface area (Å²) in [5.74, 6) is 0.981. The minimum Gasteiger partial charge on any atom is -0.465 e. The Hall–Kier alpha value is -3.45. The number of unbranched alkanes of at least 4 members (excludes halogenated alkanes) is 1. The van der Waals surface area contributed by atoms with E-state index < -0.39 is 5.97 Å². The van der Waals surface area contributed by atoms with Crippen molar-refractivity contribution in [3.05, 3.63) is 65.0 Å². The number of aryl methyl sites for hydroxylation is 1. The molecule has 0 spiro atoms. The highest BCUT2D eigenvalue weighted by molar-refractivity contribution is 6.08. The van der Waals surface area contributed by atoms with E-state index in [2.05, 4.69) is 53.0 Å². The number of carbonyl (C=O) groups excluding carboxylic acids is 1. The van der Waals surface area contributed by atoms with Gasteiger partial charge >= 0.3 is 5.97 Å². The summed E-state index contributed by atoms with van der Waals surface area (Å²) in [5.41, 5.74) is 11.6. The number of nitrogens with two attached hydrogens (primary N) is 1. The molecule has 0 fully saturated rings. The molecule has 3 N–H and O–H groups in total. The Kier molecular flexibility index (Phi) is 7.43. The number of ether oxygens (including phenoxy) is 1. The van der Waals surface area contributed by atoms with E-state index in [1.807, 2.05) is 6.07 Å². The fraction of sp³-hybridized carbons (Fsp3) is 0.370. The Balaban J connectivity index is 1.78. The Morgan fingerprint density at radius 2 is 1.82 bits per heavy atom. The minimum atomic E-state index is -0.395. The molecule has 7 nitrogen and oxygen atoms in total. The summed E-state index contributed by atoms with van der Waals surface area (Å²) in [7, 11) is 1.37. The molecule has 0 amide bonds. The van der Waals surface area contributed by atoms with Crippen LogP contribution >= 0.6 is 0 Å². The molecule has 0 aliphatic carbocycles. The summed E-state index contributed by atoms with van der Waals surface area (Å²) < 4.78 is 7.13. The lowest BCUT2D eigenvalue weighted by atomic mass is 10.1. The van der Waals surface area contributed by atoms with E-state index >= 15 is 0 Å². The smallest absolute Gasteiger partial charge is 0.337 e. The number of methoxy groups -OCH3 is 1. The number of benzene rings is 2. The summed E-state index contributed by atoms with van der Waals surface area (Å²) in [6.45, 7) is 6.93. The van der Waals surface area contributed by atoms with Gasteiger partial charge in [-0.1, -0.05) is 44.5 Å². The lowest BCUT2D eigenvalue weighted by Crippen LogP contribution is -2.13. The zero-order valence-corrected chi connectivity index (χ0v) is 20.2. The normalized spacial score (nSPS) is 11.4. The molecule has 0 saturated heterocycles. The third-order valence-electron chi connectivity index (χ3n) is 6.08. The largest absolute Gasteiger partial charge is 0.465 e. The number of hydrogen-bond donors (Lipinski definition) is 2. The van der Waals surface area contributed by atoms with Gasteiger partial charge in [0.2, 0.25) is 0 Å². The summed E-state index contributed by atoms with van der Waals surface area (Å²) in [5, 5.41) is 4.37. The number of esters is 1. The molecule has 0 aliphatic heterocycles. The highest BCUT2D eigenvalue weighted by Crippen LogP contribution is 2.31. The first-order chi connectivity index (χ1) is 16.5. The van der Waals surface area contributed by atoms with E-state index in [1.165, 1.54) is 18.2 Å². The molecule has 0 aliphatic rings. The molecule has 0 bridgehead atoms. The Labute approximate surface area is 200 Å². The van der Waals surface area contributed by atoms with Gasteiger partial charge in [-0.15, -0.1) is 0 Å². The third-order valence-corrected chi connectivity index (χ3v) is 6.08. The molecule has 0 radical (unpaired) electrons. The number of rotatable bonds is 10. The molecule has 0 unspecified atom stereocenters. The predicted molar refractivity (Wildman–Crippen MR) is 137 cm³/mol. The highest BCUT2D eigenvalue weighted by Gasteiger charge is 2.18. The molecule has 34 heavy (non-hydrogen) atoms. The average molecular weight is 460 g/mol. The minimum absolute atomic E-state index is 0.373. The van der Waals surface area contributed by atoms with E-state index in [0.29, 0.717) is 29.0 Å². The Morgan fingerprint density at radius 3 is 2.53 bits per heavy atom. The molecular formula is C27H33N5O2. The zero-order chi connectivity index (χ0) is 24.1. The van der Waals surface area contributed by atoms with Crippen LogP contribution in [0.4, 0.5) is 5.82 Å². The number of nitrogens with one attached hydrogen (secondary N) is 1. The SMILES string of the molecule is CCCCc1nc2c(N)nc3cc(C(=O)OC)ccc3c2n1Cc1ccc(CNCCC)cc1. The van der Waals surface area contributed by atoms with Crippen molar-refractivity contribution in [2.45, 2.75) is 52.6 Å². The Bertz CT molecular complexity index is 1290. The molecule has 4 aromatic rings. The van der Waals surface area contributed by atoms with E-state index in [0.717, 1.165) is 55.5 Å². The second-order valence-corrected chi connectivity index (χ2v) is 8.63. The molecule has 0 atom stereocenters. The maximum atomic E-state index is 12.0. The van der Waals surface area contributed by atoms with E-state index in [-0.39, 0.29) is 0 Å². The van der Waals surface area contributed by atoms with Gasteiger partial charge in [0, 0.05) is 24.9 Å². The number of aromatic nitrogens is 3. The van der Waals surface area contributed by atoms with Gasteiger partial charge in [-0.05, 0) is 48.7 Å². The number of anilines is 1. The monoisotopic (exact) mass is 459 g/mol. The molecule has 178 valence electrons. The van der Waals surface area contributed by atoms with Crippen molar-refractivity contribution >= 4 is 33.7 Å². The number of fused-ring (bicyclic) bond motifs is 3. The fourth-order valence-corrected chi connectivity index (χ4v) is 4.25. The van der Waals surface area contributed by atoms with Crippen LogP contribution in [-0.2, 0) is 24.2 Å². The second kappa shape index (κ2) is 10.7. The standard InChI is InChI=1S/C27H33N5O2/c1-4-6-7-23-31-24-25(21-13-12-20(27(33)34-3)15-22(21)30-26(24)28)32(23)17-19-10-8-18(9-11-19)16-29-14-5-2/h8-13,15,29H,4-7,14,16-17H2,1-3H3,(H2,28,30). The van der Waals surface area contributed by atoms with Crippen molar-refractivity contribution in [2.24, 2.45) is 0 Å². The summed E-state index contributed by atoms with van der Waals surface area (Å²) >= 11 is 0. The van der Waals surface area contributed by atoms with Crippen molar-refractivity contribution in [3.63, 3.8) is 0 Å². The van der Waals surface area contributed by atoms with Crippen LogP contribution in [0.3, 0.4) is 0 Å². The van der Waals surface area contributed by atoms with E-state index in [9.17, 15) is 4.79 Å². The van der Waals surface area contributed by atoms with Crippen molar-refractivity contribution < 1.29 is 9.53 Å². The number of carbonyl (C=O) groups is 1. The molecule has 2 aromatic carbocycles. The lowest BCUT2D eigenvalue weighted by Gasteiger charge is -2.12. The number of imidazole rings is 1. The van der Waals surface area contributed by atoms with Gasteiger partial charge in [0.1, 0.15) is 11.3 Å². The summed E-state index contributed by atoms with van der Waals surface area (Å²) in [6, 6.07) is 14.1. The fourth-order valence-electron chi connectivity index (χ4n) is 4.25. The van der Waals surface area contributed by atoms with Crippen LogP contribution in [0, 0.1) is 0 Å². The maximum absolute atomic E-state index is 12.0. The van der Waals surface area contributed by atoms with Gasteiger partial charge in [-0.25, -0.2) is 14.8 Å². The van der Waals surface area contributed by atoms with Crippen molar-refractivity contribution in [3.8, 4) is 0 Å². The molecule has 4 rings (SSSR count). The lowest BCUT2D eigenvalue weighted by molar-refractivity contribution is 0.0601. The second-order valence-electron chi connectivity index (χ2n) is 8.63. The molecule has 0 saturated carbocycles. The summed E-state index contributed by atoms with van der Waals surface area (Å²) in [4.78, 5) is 21.5. The molecule has 2 heterocycles. The number of hydrogen-bond acceptors (Lipinski definition) is 6. The zero-order valence-electron chi connectivity index (χ0n) is 20.2. The van der Waals surface area contributed by atoms with Gasteiger partial charge < -0.3 is 20.4 Å². The maximum Gasteiger partial charge on any atom is 0.337 e. The van der Waals surface area contributed by atoms with Crippen LogP contribution in [0.5, 0.6) is 0 Å². The van der Waals surface area contributed by atoms with Crippen LogP contribution in [0.15, 0.2) is 42.5 Å². The predicted octanol–water partition coefficient (Wildman–Crippen LogP) is 4.84. The average Bonchev–Trinajstić information content (AvgIpc) is 3.22. The summed E-state index contributed by atoms with van der Waals surface area (Å²) in [6.07, 6.45) is 4.12. The topological polar surface area (TPSA) is 95.1 Å². The van der Waals surface area contributed by atoms with E-state index in [1.54, 1.807) is 12.1 Å². The highest BCUT2D eigenvalue weighted by atomic mass is 16.5. The van der Waals surface area contributed by atoms with Crippen LogP contribution < -0.4 is 11.1 Å². The molecule has 2 aromatic heterocycles. The van der Waals surface area contributed by atoms with E-state index in [4.69, 9.17) is 15.5 Å². The quantitative estimate of drug-likeness (QED) is 0.260. The first-order valence-electron chi connectivity index (χ1n) is 12.0. The van der Waals surface area contributed by atoms with Gasteiger partial charge in [0.15, 0.2) is 5.82 Å². The van der Waals surface area contributed by atoms with Crippen LogP contribution in [-0.4, -0.2) is 34.2 Å². The number of pyridine rings is 1. The molecular weight excluding hydrogens is 426 g/mol. The van der Waals surface area contributed by atoms with Crippen molar-refractivity contribution in [1.29, 1.82) is 0 Å². The van der Waals surface area contributed by atoms with Crippen molar-refractivity contribution in [1.82, 2.24) is 19.9 Å². The van der Waals surface area contributed by atoms with Crippen LogP contribution in [0.1, 0.15) is 60.4 Å². The Morgan fingerprint density at radius 1 is 1.06 bits per heavy atom. The van der Waals surface area contributed by atoms with Gasteiger partial charge in [0.25, 0.3) is 0 Å². The van der Waals surface area contributed by atoms with Crippen molar-refractivity contribution in [2.75, 3.05) is 19.4 Å². The first kappa shape index (κ1) is 23.7. The van der Waals surface area contributed by atoms with Gasteiger partial charge in [0.05, 0.1) is 23.7 Å². The number of nitrogens with zero attached hydrogens (tertiary/aromatic N) is 3. The number of nitrogen functional groups attached to an aromatic ring is 1. The molecule has 7 heteroatoms. The first-order valence-corrected chi connectivity index (χ1v) is 12.0. The van der Waals surface area contributed by atoms with Gasteiger partial charge in [-0.2, -0.15) is 0 Å². The third kappa shape index (κ3) is 4.89. The van der Waals surface area contributed by atoms with Crippen LogP contribution in [0.2, 0.25) is 0 Å². The van der Waals surface area contributed by atoms with Gasteiger partial charge in [-0.3, -0.25) is 0 Å². The van der Waals surface area contributed by atoms with Crippen LogP contribution in [0.25, 0.3) is 21.9 Å².